The van der Waals surface area contributed by atoms with Gasteiger partial charge in [-0.15, -0.1) is 10.2 Å². The number of urea groups is 1. The number of carbonyl (C=O) groups is 1. The summed E-state index contributed by atoms with van der Waals surface area (Å²) in [5.41, 5.74) is 0.629. The predicted molar refractivity (Wildman–Crippen MR) is 99.3 cm³/mol. The van der Waals surface area contributed by atoms with E-state index >= 15 is 0 Å². The average molecular weight is 366 g/mol. The van der Waals surface area contributed by atoms with Crippen molar-refractivity contribution in [2.45, 2.75) is 38.1 Å². The van der Waals surface area contributed by atoms with E-state index in [1.807, 2.05) is 7.05 Å². The van der Waals surface area contributed by atoms with Crippen molar-refractivity contribution in [2.24, 2.45) is 0 Å². The SMILES string of the molecule is CN(c1nnc(NC(=O)Nc2cccc(Cl)c2)s1)C1CCCCC1. The lowest BCUT2D eigenvalue weighted by molar-refractivity contribution is 0.262. The largest absolute Gasteiger partial charge is 0.347 e. The van der Waals surface area contributed by atoms with Crippen LogP contribution in [-0.4, -0.2) is 29.3 Å². The lowest BCUT2D eigenvalue weighted by Gasteiger charge is -2.30. The van der Waals surface area contributed by atoms with E-state index in [1.165, 1.54) is 43.4 Å². The van der Waals surface area contributed by atoms with E-state index in [4.69, 9.17) is 11.6 Å². The van der Waals surface area contributed by atoms with Crippen LogP contribution in [0.1, 0.15) is 32.1 Å². The molecule has 1 fully saturated rings. The second-order valence-corrected chi connectivity index (χ2v) is 7.27. The van der Waals surface area contributed by atoms with Crippen molar-refractivity contribution in [2.75, 3.05) is 22.6 Å². The first-order chi connectivity index (χ1) is 11.6. The first kappa shape index (κ1) is 17.0. The predicted octanol–water partition coefficient (Wildman–Crippen LogP) is 4.60. The van der Waals surface area contributed by atoms with Crippen LogP contribution in [0, 0.1) is 0 Å². The highest BCUT2D eigenvalue weighted by molar-refractivity contribution is 7.19. The van der Waals surface area contributed by atoms with Crippen LogP contribution in [0.2, 0.25) is 5.02 Å². The number of halogens is 1. The van der Waals surface area contributed by atoms with Crippen molar-refractivity contribution in [3.8, 4) is 0 Å². The average Bonchev–Trinajstić information content (AvgIpc) is 3.03. The van der Waals surface area contributed by atoms with Gasteiger partial charge in [0.25, 0.3) is 0 Å². The van der Waals surface area contributed by atoms with E-state index in [2.05, 4.69) is 25.7 Å². The maximum Gasteiger partial charge on any atom is 0.325 e. The van der Waals surface area contributed by atoms with E-state index in [9.17, 15) is 4.79 Å². The number of amides is 2. The molecule has 128 valence electrons. The second-order valence-electron chi connectivity index (χ2n) is 5.88. The van der Waals surface area contributed by atoms with Crippen molar-refractivity contribution in [1.29, 1.82) is 0 Å². The van der Waals surface area contributed by atoms with E-state index < -0.39 is 0 Å². The van der Waals surface area contributed by atoms with Gasteiger partial charge in [-0.1, -0.05) is 48.3 Å². The van der Waals surface area contributed by atoms with Gasteiger partial charge in [-0.25, -0.2) is 4.79 Å². The zero-order valence-corrected chi connectivity index (χ0v) is 15.0. The summed E-state index contributed by atoms with van der Waals surface area (Å²) in [7, 11) is 2.05. The number of anilines is 3. The van der Waals surface area contributed by atoms with Crippen LogP contribution in [0.3, 0.4) is 0 Å². The summed E-state index contributed by atoms with van der Waals surface area (Å²) in [5, 5.41) is 15.6. The highest BCUT2D eigenvalue weighted by atomic mass is 35.5. The second kappa shape index (κ2) is 7.81. The molecule has 1 aliphatic carbocycles. The fourth-order valence-electron chi connectivity index (χ4n) is 2.86. The van der Waals surface area contributed by atoms with Crippen molar-refractivity contribution < 1.29 is 4.79 Å². The Morgan fingerprint density at radius 3 is 2.79 bits per heavy atom. The molecule has 0 aliphatic heterocycles. The third-order valence-electron chi connectivity index (χ3n) is 4.14. The summed E-state index contributed by atoms with van der Waals surface area (Å²) in [5.74, 6) is 0. The molecule has 8 heteroatoms. The van der Waals surface area contributed by atoms with E-state index in [0.717, 1.165) is 5.13 Å². The molecule has 1 aromatic heterocycles. The van der Waals surface area contributed by atoms with Crippen LogP contribution in [0.5, 0.6) is 0 Å². The molecular weight excluding hydrogens is 346 g/mol. The van der Waals surface area contributed by atoms with Gasteiger partial charge in [-0.3, -0.25) is 5.32 Å². The van der Waals surface area contributed by atoms with Crippen LogP contribution < -0.4 is 15.5 Å². The quantitative estimate of drug-likeness (QED) is 0.830. The van der Waals surface area contributed by atoms with Gasteiger partial charge < -0.3 is 10.2 Å². The molecule has 0 radical (unpaired) electrons. The number of nitrogens with one attached hydrogen (secondary N) is 2. The van der Waals surface area contributed by atoms with Crippen LogP contribution in [0.4, 0.5) is 20.7 Å². The molecule has 1 aromatic carbocycles. The molecule has 0 spiro atoms. The maximum atomic E-state index is 12.0. The summed E-state index contributed by atoms with van der Waals surface area (Å²) in [6.45, 7) is 0. The van der Waals surface area contributed by atoms with E-state index in [-0.39, 0.29) is 6.03 Å². The molecule has 1 aliphatic rings. The topological polar surface area (TPSA) is 70.2 Å². The number of carbonyl (C=O) groups excluding carboxylic acids is 1. The summed E-state index contributed by atoms with van der Waals surface area (Å²) in [6.07, 6.45) is 6.22. The Morgan fingerprint density at radius 1 is 1.25 bits per heavy atom. The molecule has 6 nitrogen and oxygen atoms in total. The van der Waals surface area contributed by atoms with Gasteiger partial charge >= 0.3 is 6.03 Å². The van der Waals surface area contributed by atoms with Gasteiger partial charge in [0.2, 0.25) is 10.3 Å². The molecule has 2 amide bonds. The van der Waals surface area contributed by atoms with Crippen molar-refractivity contribution >= 4 is 44.9 Å². The number of hydrogen-bond acceptors (Lipinski definition) is 5. The number of aromatic nitrogens is 2. The van der Waals surface area contributed by atoms with Crippen LogP contribution >= 0.6 is 22.9 Å². The Hall–Kier alpha value is -1.86. The minimum Gasteiger partial charge on any atom is -0.347 e. The normalized spacial score (nSPS) is 15.1. The highest BCUT2D eigenvalue weighted by Gasteiger charge is 2.21. The standard InChI is InChI=1S/C16H20ClN5OS/c1-22(13-8-3-2-4-9-13)16-21-20-15(24-16)19-14(23)18-12-7-5-6-11(17)10-12/h5-7,10,13H,2-4,8-9H2,1H3,(H2,18,19,20,23). The minimum absolute atomic E-state index is 0.361. The maximum absolute atomic E-state index is 12.0. The molecule has 0 bridgehead atoms. The summed E-state index contributed by atoms with van der Waals surface area (Å²) < 4.78 is 0. The molecule has 0 unspecified atom stereocenters. The zero-order valence-electron chi connectivity index (χ0n) is 13.5. The van der Waals surface area contributed by atoms with Gasteiger partial charge in [-0.2, -0.15) is 0 Å². The molecule has 2 aromatic rings. The third-order valence-corrected chi connectivity index (χ3v) is 5.31. The summed E-state index contributed by atoms with van der Waals surface area (Å²) in [4.78, 5) is 14.2. The van der Waals surface area contributed by atoms with Gasteiger partial charge in [-0.05, 0) is 31.0 Å². The Kier molecular flexibility index (Phi) is 5.52. The Labute approximate surface area is 150 Å². The van der Waals surface area contributed by atoms with Crippen LogP contribution in [-0.2, 0) is 0 Å². The first-order valence-corrected chi connectivity index (χ1v) is 9.21. The van der Waals surface area contributed by atoms with E-state index in [0.29, 0.717) is 21.9 Å². The smallest absolute Gasteiger partial charge is 0.325 e. The summed E-state index contributed by atoms with van der Waals surface area (Å²) in [6, 6.07) is 7.14. The molecule has 0 atom stereocenters. The Morgan fingerprint density at radius 2 is 2.04 bits per heavy atom. The lowest BCUT2D eigenvalue weighted by atomic mass is 9.95. The highest BCUT2D eigenvalue weighted by Crippen LogP contribution is 2.29. The van der Waals surface area contributed by atoms with Crippen molar-refractivity contribution in [3.63, 3.8) is 0 Å². The van der Waals surface area contributed by atoms with Gasteiger partial charge in [0.15, 0.2) is 0 Å². The zero-order chi connectivity index (χ0) is 16.9. The molecule has 2 N–H and O–H groups in total. The van der Waals surface area contributed by atoms with Crippen molar-refractivity contribution in [1.82, 2.24) is 10.2 Å². The van der Waals surface area contributed by atoms with E-state index in [1.54, 1.807) is 24.3 Å². The number of benzene rings is 1. The number of hydrogen-bond donors (Lipinski definition) is 2. The van der Waals surface area contributed by atoms with Crippen LogP contribution in [0.15, 0.2) is 24.3 Å². The third kappa shape index (κ3) is 4.36. The van der Waals surface area contributed by atoms with Crippen molar-refractivity contribution in [3.05, 3.63) is 29.3 Å². The minimum atomic E-state index is -0.361. The number of nitrogens with zero attached hydrogens (tertiary/aromatic N) is 3. The Bertz CT molecular complexity index is 701. The van der Waals surface area contributed by atoms with Gasteiger partial charge in [0.05, 0.1) is 0 Å². The molecule has 1 heterocycles. The molecule has 0 saturated heterocycles. The number of rotatable bonds is 4. The molecule has 24 heavy (non-hydrogen) atoms. The van der Waals surface area contributed by atoms with Gasteiger partial charge in [0, 0.05) is 23.8 Å². The summed E-state index contributed by atoms with van der Waals surface area (Å²) >= 11 is 7.29. The Balaban J connectivity index is 1.58. The fraction of sp³-hybridized carbons (Fsp3) is 0.438. The first-order valence-electron chi connectivity index (χ1n) is 8.02. The molecule has 3 rings (SSSR count). The monoisotopic (exact) mass is 365 g/mol. The molecule has 1 saturated carbocycles. The van der Waals surface area contributed by atoms with Crippen LogP contribution in [0.25, 0.3) is 0 Å². The lowest BCUT2D eigenvalue weighted by Crippen LogP contribution is -2.33. The fourth-order valence-corrected chi connectivity index (χ4v) is 3.82. The molecular formula is C16H20ClN5OS. The van der Waals surface area contributed by atoms with Gasteiger partial charge in [0.1, 0.15) is 0 Å².